The lowest BCUT2D eigenvalue weighted by Gasteiger charge is -2.13. The van der Waals surface area contributed by atoms with Gasteiger partial charge in [0.05, 0.1) is 10.5 Å². The molecule has 1 saturated carbocycles. The van der Waals surface area contributed by atoms with E-state index in [1.54, 1.807) is 12.1 Å². The van der Waals surface area contributed by atoms with Gasteiger partial charge in [0.2, 0.25) is 10.0 Å². The fourth-order valence-electron chi connectivity index (χ4n) is 2.89. The number of sulfonamides is 1. The second kappa shape index (κ2) is 8.28. The molecule has 0 radical (unpaired) electrons. The van der Waals surface area contributed by atoms with Crippen LogP contribution in [0.4, 0.5) is 0 Å². The van der Waals surface area contributed by atoms with Gasteiger partial charge in [-0.1, -0.05) is 18.9 Å². The first-order valence-electron chi connectivity index (χ1n) is 8.59. The van der Waals surface area contributed by atoms with Crippen molar-refractivity contribution in [2.75, 3.05) is 0 Å². The van der Waals surface area contributed by atoms with Crippen molar-refractivity contribution < 1.29 is 18.0 Å². The minimum atomic E-state index is -3.70. The zero-order chi connectivity index (χ0) is 19.3. The smallest absolute Gasteiger partial charge is 0.267 e. The highest BCUT2D eigenvalue weighted by molar-refractivity contribution is 7.89. The first-order chi connectivity index (χ1) is 13.0. The van der Waals surface area contributed by atoms with Crippen molar-refractivity contribution >= 4 is 21.8 Å². The number of rotatable bonds is 5. The van der Waals surface area contributed by atoms with E-state index in [9.17, 15) is 18.0 Å². The molecule has 0 saturated heterocycles. The van der Waals surface area contributed by atoms with Crippen LogP contribution in [0.5, 0.6) is 0 Å². The lowest BCUT2D eigenvalue weighted by molar-refractivity contribution is 0.0846. The van der Waals surface area contributed by atoms with Crippen LogP contribution in [0.2, 0.25) is 0 Å². The normalized spacial score (nSPS) is 14.7. The molecule has 1 aromatic heterocycles. The van der Waals surface area contributed by atoms with Crippen molar-refractivity contribution in [1.29, 1.82) is 0 Å². The Morgan fingerprint density at radius 1 is 0.963 bits per heavy atom. The summed E-state index contributed by atoms with van der Waals surface area (Å²) in [5, 5.41) is 0. The van der Waals surface area contributed by atoms with E-state index in [4.69, 9.17) is 0 Å². The molecule has 0 aliphatic heterocycles. The maximum Gasteiger partial charge on any atom is 0.271 e. The number of hydrogen-bond donors (Lipinski definition) is 3. The fraction of sp³-hybridized carbons (Fsp3) is 0.278. The Morgan fingerprint density at radius 3 is 2.30 bits per heavy atom. The highest BCUT2D eigenvalue weighted by Gasteiger charge is 2.23. The second-order valence-corrected chi connectivity index (χ2v) is 7.99. The van der Waals surface area contributed by atoms with Crippen molar-refractivity contribution in [2.45, 2.75) is 36.6 Å². The Bertz CT molecular complexity index is 925. The number of aromatic nitrogens is 1. The SMILES string of the molecule is O=C(NNC(=O)c1cccc(S(=O)(=O)NC2CCCC2)c1)c1cccnc1. The molecular formula is C18H20N4O4S. The number of nitrogens with one attached hydrogen (secondary N) is 3. The highest BCUT2D eigenvalue weighted by atomic mass is 32.2. The molecule has 2 amide bonds. The molecule has 1 aliphatic rings. The van der Waals surface area contributed by atoms with E-state index in [2.05, 4.69) is 20.6 Å². The van der Waals surface area contributed by atoms with Gasteiger partial charge in [-0.25, -0.2) is 13.1 Å². The third-order valence-electron chi connectivity index (χ3n) is 4.30. The molecule has 0 bridgehead atoms. The van der Waals surface area contributed by atoms with E-state index in [0.717, 1.165) is 25.7 Å². The van der Waals surface area contributed by atoms with Gasteiger partial charge in [-0.05, 0) is 43.2 Å². The number of hydrogen-bond acceptors (Lipinski definition) is 5. The second-order valence-electron chi connectivity index (χ2n) is 6.28. The van der Waals surface area contributed by atoms with E-state index in [1.165, 1.54) is 36.7 Å². The zero-order valence-corrected chi connectivity index (χ0v) is 15.3. The van der Waals surface area contributed by atoms with E-state index in [-0.39, 0.29) is 22.1 Å². The van der Waals surface area contributed by atoms with Crippen LogP contribution in [0.15, 0.2) is 53.7 Å². The highest BCUT2D eigenvalue weighted by Crippen LogP contribution is 2.20. The minimum Gasteiger partial charge on any atom is -0.267 e. The van der Waals surface area contributed by atoms with Gasteiger partial charge in [0, 0.05) is 24.0 Å². The van der Waals surface area contributed by atoms with E-state index in [0.29, 0.717) is 0 Å². The van der Waals surface area contributed by atoms with Gasteiger partial charge in [-0.3, -0.25) is 25.4 Å². The van der Waals surface area contributed by atoms with Crippen LogP contribution in [0.25, 0.3) is 0 Å². The Kier molecular flexibility index (Phi) is 5.82. The molecule has 8 nitrogen and oxygen atoms in total. The van der Waals surface area contributed by atoms with Crippen molar-refractivity contribution in [3.8, 4) is 0 Å². The number of hydrazine groups is 1. The standard InChI is InChI=1S/C18H20N4O4S/c23-17(20-21-18(24)14-6-4-10-19-12-14)13-5-3-9-16(11-13)27(25,26)22-15-7-1-2-8-15/h3-6,9-12,15,22H,1-2,7-8H2,(H,20,23)(H,21,24). The first kappa shape index (κ1) is 19.0. The number of amides is 2. The molecule has 1 heterocycles. The summed E-state index contributed by atoms with van der Waals surface area (Å²) < 4.78 is 27.7. The van der Waals surface area contributed by atoms with Gasteiger partial charge in [-0.15, -0.1) is 0 Å². The molecular weight excluding hydrogens is 368 g/mol. The number of benzene rings is 1. The predicted molar refractivity (Wildman–Crippen MR) is 98.2 cm³/mol. The third-order valence-corrected chi connectivity index (χ3v) is 5.81. The lowest BCUT2D eigenvalue weighted by Crippen LogP contribution is -2.41. The van der Waals surface area contributed by atoms with Gasteiger partial charge in [0.1, 0.15) is 0 Å². The van der Waals surface area contributed by atoms with Crippen LogP contribution >= 0.6 is 0 Å². The number of pyridine rings is 1. The maximum atomic E-state index is 12.5. The summed E-state index contributed by atoms with van der Waals surface area (Å²) in [5.41, 5.74) is 4.95. The summed E-state index contributed by atoms with van der Waals surface area (Å²) in [7, 11) is -3.70. The van der Waals surface area contributed by atoms with Crippen molar-refractivity contribution in [1.82, 2.24) is 20.6 Å². The zero-order valence-electron chi connectivity index (χ0n) is 14.5. The molecule has 0 atom stereocenters. The first-order valence-corrected chi connectivity index (χ1v) is 10.1. The molecule has 142 valence electrons. The Morgan fingerprint density at radius 2 is 1.63 bits per heavy atom. The lowest BCUT2D eigenvalue weighted by atomic mass is 10.2. The van der Waals surface area contributed by atoms with Gasteiger partial charge in [0.25, 0.3) is 11.8 Å². The van der Waals surface area contributed by atoms with Gasteiger partial charge in [-0.2, -0.15) is 0 Å². The molecule has 1 aliphatic carbocycles. The van der Waals surface area contributed by atoms with Gasteiger partial charge >= 0.3 is 0 Å². The average Bonchev–Trinajstić information content (AvgIpc) is 3.19. The molecule has 3 rings (SSSR count). The van der Waals surface area contributed by atoms with Gasteiger partial charge < -0.3 is 0 Å². The van der Waals surface area contributed by atoms with E-state index >= 15 is 0 Å². The van der Waals surface area contributed by atoms with Crippen LogP contribution in [-0.2, 0) is 10.0 Å². The van der Waals surface area contributed by atoms with Crippen molar-refractivity contribution in [2.24, 2.45) is 0 Å². The van der Waals surface area contributed by atoms with Crippen LogP contribution in [-0.4, -0.2) is 31.3 Å². The average molecular weight is 388 g/mol. The van der Waals surface area contributed by atoms with E-state index < -0.39 is 21.8 Å². The Balaban J connectivity index is 1.65. The maximum absolute atomic E-state index is 12.5. The molecule has 3 N–H and O–H groups in total. The molecule has 2 aromatic rings. The summed E-state index contributed by atoms with van der Waals surface area (Å²) in [6, 6.07) is 8.76. The summed E-state index contributed by atoms with van der Waals surface area (Å²) >= 11 is 0. The van der Waals surface area contributed by atoms with Crippen molar-refractivity contribution in [3.05, 3.63) is 59.9 Å². The third kappa shape index (κ3) is 4.89. The summed E-state index contributed by atoms with van der Waals surface area (Å²) in [6.45, 7) is 0. The predicted octanol–water partition coefficient (Wildman–Crippen LogP) is 1.38. The number of carbonyl (C=O) groups excluding carboxylic acids is 2. The molecule has 0 spiro atoms. The quantitative estimate of drug-likeness (QED) is 0.669. The molecule has 1 aromatic carbocycles. The summed E-state index contributed by atoms with van der Waals surface area (Å²) in [5.74, 6) is -1.15. The molecule has 0 unspecified atom stereocenters. The monoisotopic (exact) mass is 388 g/mol. The fourth-order valence-corrected chi connectivity index (χ4v) is 4.24. The molecule has 1 fully saturated rings. The molecule has 27 heavy (non-hydrogen) atoms. The molecule has 9 heteroatoms. The van der Waals surface area contributed by atoms with E-state index in [1.807, 2.05) is 0 Å². The van der Waals surface area contributed by atoms with Crippen LogP contribution in [0, 0.1) is 0 Å². The Labute approximate surface area is 157 Å². The number of carbonyl (C=O) groups is 2. The van der Waals surface area contributed by atoms with Crippen molar-refractivity contribution in [3.63, 3.8) is 0 Å². The number of nitrogens with zero attached hydrogens (tertiary/aromatic N) is 1. The Hall–Kier alpha value is -2.78. The van der Waals surface area contributed by atoms with Crippen LogP contribution in [0.1, 0.15) is 46.4 Å². The van der Waals surface area contributed by atoms with Crippen LogP contribution < -0.4 is 15.6 Å². The minimum absolute atomic E-state index is 0.0145. The van der Waals surface area contributed by atoms with Gasteiger partial charge in [0.15, 0.2) is 0 Å². The summed E-state index contributed by atoms with van der Waals surface area (Å²) in [6.07, 6.45) is 6.54. The summed E-state index contributed by atoms with van der Waals surface area (Å²) in [4.78, 5) is 28.0. The largest absolute Gasteiger partial charge is 0.271 e. The van der Waals surface area contributed by atoms with Crippen LogP contribution in [0.3, 0.4) is 0 Å². The topological polar surface area (TPSA) is 117 Å².